The predicted octanol–water partition coefficient (Wildman–Crippen LogP) is 1.58. The number of benzene rings is 1. The summed E-state index contributed by atoms with van der Waals surface area (Å²) in [6, 6.07) is 5.67. The van der Waals surface area contributed by atoms with Crippen LogP contribution in [0.15, 0.2) is 18.2 Å². The molecule has 17 heavy (non-hydrogen) atoms. The third-order valence-electron chi connectivity index (χ3n) is 3.02. The van der Waals surface area contributed by atoms with Gasteiger partial charge < -0.3 is 15.4 Å². The van der Waals surface area contributed by atoms with Gasteiger partial charge in [-0.25, -0.2) is 0 Å². The third-order valence-corrected chi connectivity index (χ3v) is 3.02. The molecule has 0 atom stereocenters. The summed E-state index contributed by atoms with van der Waals surface area (Å²) in [5.74, 6) is 0.169. The number of carbonyl (C=O) groups excluding carboxylic acids is 1. The maximum Gasteiger partial charge on any atom is 0.231 e. The number of ether oxygens (including phenoxy) is 1. The molecule has 1 amide bonds. The van der Waals surface area contributed by atoms with Crippen LogP contribution in [0.2, 0.25) is 0 Å². The second-order valence-corrected chi connectivity index (χ2v) is 4.31. The van der Waals surface area contributed by atoms with Crippen LogP contribution in [0.3, 0.4) is 0 Å². The van der Waals surface area contributed by atoms with Gasteiger partial charge in [0.25, 0.3) is 0 Å². The summed E-state index contributed by atoms with van der Waals surface area (Å²) < 4.78 is 5.00. The molecule has 0 unspecified atom stereocenters. The molecule has 0 aliphatic carbocycles. The van der Waals surface area contributed by atoms with Crippen LogP contribution in [0.25, 0.3) is 0 Å². The molecule has 0 saturated carbocycles. The van der Waals surface area contributed by atoms with Crippen molar-refractivity contribution in [3.63, 3.8) is 0 Å². The van der Waals surface area contributed by atoms with Crippen LogP contribution in [0.5, 0.6) is 0 Å². The first kappa shape index (κ1) is 11.9. The van der Waals surface area contributed by atoms with Gasteiger partial charge in [-0.2, -0.15) is 0 Å². The van der Waals surface area contributed by atoms with Crippen molar-refractivity contribution in [1.82, 2.24) is 0 Å². The molecule has 2 rings (SSSR count). The smallest absolute Gasteiger partial charge is 0.231 e. The number of methoxy groups -OCH3 is 1. The molecular weight excluding hydrogens is 216 g/mol. The van der Waals surface area contributed by atoms with Crippen molar-refractivity contribution in [3.05, 3.63) is 23.8 Å². The third kappa shape index (κ3) is 2.58. The van der Waals surface area contributed by atoms with Crippen molar-refractivity contribution in [2.75, 3.05) is 30.9 Å². The Kier molecular flexibility index (Phi) is 3.64. The van der Waals surface area contributed by atoms with Gasteiger partial charge in [-0.3, -0.25) is 4.79 Å². The van der Waals surface area contributed by atoms with Gasteiger partial charge in [-0.1, -0.05) is 0 Å². The van der Waals surface area contributed by atoms with E-state index in [1.54, 1.807) is 7.11 Å². The standard InChI is InChI=1S/C13H18N2O2/c1-17-7-3-2-6-15-12-5-4-11(14)8-10(12)9-13(15)16/h4-5,8H,2-3,6-7,9,14H2,1H3. The topological polar surface area (TPSA) is 55.6 Å². The van der Waals surface area contributed by atoms with Gasteiger partial charge in [0.05, 0.1) is 6.42 Å². The number of nitrogens with two attached hydrogens (primary N) is 1. The maximum absolute atomic E-state index is 11.9. The lowest BCUT2D eigenvalue weighted by atomic mass is 10.1. The van der Waals surface area contributed by atoms with Gasteiger partial charge in [-0.15, -0.1) is 0 Å². The van der Waals surface area contributed by atoms with E-state index in [1.807, 2.05) is 23.1 Å². The second-order valence-electron chi connectivity index (χ2n) is 4.31. The highest BCUT2D eigenvalue weighted by Crippen LogP contribution is 2.30. The molecule has 1 aromatic rings. The summed E-state index contributed by atoms with van der Waals surface area (Å²) in [7, 11) is 1.69. The van der Waals surface area contributed by atoms with Gasteiger partial charge in [-0.05, 0) is 36.6 Å². The first-order valence-electron chi connectivity index (χ1n) is 5.90. The molecule has 1 aromatic carbocycles. The van der Waals surface area contributed by atoms with E-state index in [1.165, 1.54) is 0 Å². The molecule has 0 fully saturated rings. The van der Waals surface area contributed by atoms with E-state index in [0.29, 0.717) is 6.42 Å². The molecule has 0 spiro atoms. The Morgan fingerprint density at radius 3 is 3.00 bits per heavy atom. The minimum atomic E-state index is 0.169. The molecule has 0 aromatic heterocycles. The Morgan fingerprint density at radius 1 is 1.41 bits per heavy atom. The van der Waals surface area contributed by atoms with Gasteiger partial charge in [0.1, 0.15) is 0 Å². The monoisotopic (exact) mass is 234 g/mol. The lowest BCUT2D eigenvalue weighted by molar-refractivity contribution is -0.117. The van der Waals surface area contributed by atoms with E-state index < -0.39 is 0 Å². The molecule has 1 aliphatic rings. The van der Waals surface area contributed by atoms with Crippen molar-refractivity contribution < 1.29 is 9.53 Å². The number of rotatable bonds is 5. The minimum Gasteiger partial charge on any atom is -0.399 e. The van der Waals surface area contributed by atoms with E-state index in [4.69, 9.17) is 10.5 Å². The van der Waals surface area contributed by atoms with Crippen molar-refractivity contribution >= 4 is 17.3 Å². The van der Waals surface area contributed by atoms with Crippen LogP contribution in [-0.4, -0.2) is 26.2 Å². The van der Waals surface area contributed by atoms with Crippen molar-refractivity contribution in [2.24, 2.45) is 0 Å². The highest BCUT2D eigenvalue weighted by atomic mass is 16.5. The van der Waals surface area contributed by atoms with E-state index in [0.717, 1.165) is 42.9 Å². The van der Waals surface area contributed by atoms with Gasteiger partial charge >= 0.3 is 0 Å². The number of fused-ring (bicyclic) bond motifs is 1. The Balaban J connectivity index is 2.02. The number of nitrogen functional groups attached to an aromatic ring is 1. The highest BCUT2D eigenvalue weighted by molar-refractivity contribution is 6.01. The van der Waals surface area contributed by atoms with Crippen molar-refractivity contribution in [2.45, 2.75) is 19.3 Å². The largest absolute Gasteiger partial charge is 0.399 e. The molecule has 2 N–H and O–H groups in total. The summed E-state index contributed by atoms with van der Waals surface area (Å²) >= 11 is 0. The minimum absolute atomic E-state index is 0.169. The summed E-state index contributed by atoms with van der Waals surface area (Å²) in [4.78, 5) is 13.7. The molecule has 4 heteroatoms. The molecular formula is C13H18N2O2. The fraction of sp³-hybridized carbons (Fsp3) is 0.462. The summed E-state index contributed by atoms with van der Waals surface area (Å²) in [5.41, 5.74) is 8.49. The number of anilines is 2. The number of hydrogen-bond donors (Lipinski definition) is 1. The Bertz CT molecular complexity index is 418. The van der Waals surface area contributed by atoms with Crippen LogP contribution < -0.4 is 10.6 Å². The van der Waals surface area contributed by atoms with E-state index in [-0.39, 0.29) is 5.91 Å². The fourth-order valence-electron chi connectivity index (χ4n) is 2.16. The van der Waals surface area contributed by atoms with Crippen molar-refractivity contribution in [1.29, 1.82) is 0 Å². The summed E-state index contributed by atoms with van der Waals surface area (Å²) in [6.45, 7) is 1.51. The Morgan fingerprint density at radius 2 is 2.24 bits per heavy atom. The first-order chi connectivity index (χ1) is 8.22. The van der Waals surface area contributed by atoms with Crippen LogP contribution in [0.1, 0.15) is 18.4 Å². The zero-order chi connectivity index (χ0) is 12.3. The van der Waals surface area contributed by atoms with E-state index >= 15 is 0 Å². The van der Waals surface area contributed by atoms with Gasteiger partial charge in [0, 0.05) is 31.6 Å². The molecule has 0 radical (unpaired) electrons. The van der Waals surface area contributed by atoms with E-state index in [9.17, 15) is 4.79 Å². The van der Waals surface area contributed by atoms with Crippen LogP contribution in [0.4, 0.5) is 11.4 Å². The van der Waals surface area contributed by atoms with Crippen LogP contribution in [-0.2, 0) is 16.0 Å². The molecule has 0 bridgehead atoms. The van der Waals surface area contributed by atoms with Gasteiger partial charge in [0.15, 0.2) is 0 Å². The summed E-state index contributed by atoms with van der Waals surface area (Å²) in [6.07, 6.45) is 2.42. The van der Waals surface area contributed by atoms with Crippen LogP contribution in [0, 0.1) is 0 Å². The highest BCUT2D eigenvalue weighted by Gasteiger charge is 2.26. The quantitative estimate of drug-likeness (QED) is 0.621. The SMILES string of the molecule is COCCCCN1C(=O)Cc2cc(N)ccc21. The number of hydrogen-bond acceptors (Lipinski definition) is 3. The molecule has 1 aliphatic heterocycles. The normalized spacial score (nSPS) is 14.2. The molecule has 92 valence electrons. The molecule has 0 saturated heterocycles. The fourth-order valence-corrected chi connectivity index (χ4v) is 2.16. The zero-order valence-electron chi connectivity index (χ0n) is 10.1. The number of carbonyl (C=O) groups is 1. The number of unbranched alkanes of at least 4 members (excludes halogenated alkanes) is 1. The average Bonchev–Trinajstić information content (AvgIpc) is 2.60. The lowest BCUT2D eigenvalue weighted by Crippen LogP contribution is -2.27. The molecule has 4 nitrogen and oxygen atoms in total. The number of nitrogens with zero attached hydrogens (tertiary/aromatic N) is 1. The zero-order valence-corrected chi connectivity index (χ0v) is 10.1. The average molecular weight is 234 g/mol. The maximum atomic E-state index is 11.9. The molecule has 1 heterocycles. The second kappa shape index (κ2) is 5.19. The van der Waals surface area contributed by atoms with Gasteiger partial charge in [0.2, 0.25) is 5.91 Å². The first-order valence-corrected chi connectivity index (χ1v) is 5.90. The number of amides is 1. The lowest BCUT2D eigenvalue weighted by Gasteiger charge is -2.17. The Labute approximate surface area is 101 Å². The van der Waals surface area contributed by atoms with Crippen LogP contribution >= 0.6 is 0 Å². The van der Waals surface area contributed by atoms with E-state index in [2.05, 4.69) is 0 Å². The summed E-state index contributed by atoms with van der Waals surface area (Å²) in [5, 5.41) is 0. The van der Waals surface area contributed by atoms with Crippen molar-refractivity contribution in [3.8, 4) is 0 Å². The predicted molar refractivity (Wildman–Crippen MR) is 68.0 cm³/mol. The Hall–Kier alpha value is -1.55.